The van der Waals surface area contributed by atoms with Crippen molar-refractivity contribution in [2.45, 2.75) is 13.0 Å². The minimum absolute atomic E-state index is 0.0505. The second-order valence-electron chi connectivity index (χ2n) is 2.47. The fourth-order valence-corrected chi connectivity index (χ4v) is 2.11. The first-order valence-electron chi connectivity index (χ1n) is 3.60. The normalized spacial score (nSPS) is 11.9. The van der Waals surface area contributed by atoms with Crippen LogP contribution in [-0.2, 0) is 0 Å². The van der Waals surface area contributed by atoms with Crippen LogP contribution in [0.25, 0.3) is 10.4 Å². The third-order valence-electron chi connectivity index (χ3n) is 1.64. The Hall–Kier alpha value is -0.671. The molecule has 12 heavy (non-hydrogen) atoms. The first kappa shape index (κ1) is 9.42. The van der Waals surface area contributed by atoms with Crippen LogP contribution in [0.15, 0.2) is 29.4 Å². The predicted octanol–water partition coefficient (Wildman–Crippen LogP) is 1.85. The molecule has 1 unspecified atom stereocenters. The van der Waals surface area contributed by atoms with E-state index in [-0.39, 0.29) is 6.04 Å². The van der Waals surface area contributed by atoms with E-state index < -0.39 is 0 Å². The van der Waals surface area contributed by atoms with Crippen LogP contribution in [0, 0.1) is 0 Å². The number of azide groups is 1. The van der Waals surface area contributed by atoms with Gasteiger partial charge in [-0.05, 0) is 0 Å². The van der Waals surface area contributed by atoms with Gasteiger partial charge in [-0.3, -0.25) is 0 Å². The van der Waals surface area contributed by atoms with Gasteiger partial charge in [0.15, 0.2) is 0 Å². The molecular formula is C8H8N3Sn+3. The van der Waals surface area contributed by atoms with Crippen LogP contribution in [0.2, 0.25) is 0 Å². The Balaban J connectivity index is 3.02. The molecule has 0 aliphatic rings. The van der Waals surface area contributed by atoms with Crippen molar-refractivity contribution < 1.29 is 0 Å². The van der Waals surface area contributed by atoms with Gasteiger partial charge < -0.3 is 0 Å². The second kappa shape index (κ2) is 4.38. The molecule has 0 spiro atoms. The van der Waals surface area contributed by atoms with Crippen molar-refractivity contribution in [2.24, 2.45) is 5.11 Å². The number of rotatable bonds is 2. The van der Waals surface area contributed by atoms with E-state index in [4.69, 9.17) is 5.53 Å². The molecule has 4 heteroatoms. The van der Waals surface area contributed by atoms with Crippen LogP contribution in [-0.4, -0.2) is 22.5 Å². The Morgan fingerprint density at radius 1 is 1.50 bits per heavy atom. The molecule has 0 radical (unpaired) electrons. The average molecular weight is 265 g/mol. The fraction of sp³-hybridized carbons (Fsp3) is 0.250. The summed E-state index contributed by atoms with van der Waals surface area (Å²) in [5.74, 6) is 0. The topological polar surface area (TPSA) is 48.8 Å². The zero-order valence-corrected chi connectivity index (χ0v) is 9.58. The molecule has 0 bridgehead atoms. The number of benzene rings is 1. The summed E-state index contributed by atoms with van der Waals surface area (Å²) < 4.78 is 1.25. The average Bonchev–Trinajstić information content (AvgIpc) is 2.05. The summed E-state index contributed by atoms with van der Waals surface area (Å²) in [7, 11) is 0. The monoisotopic (exact) mass is 266 g/mol. The number of nitrogens with zero attached hydrogens (tertiary/aromatic N) is 3. The van der Waals surface area contributed by atoms with E-state index in [0.29, 0.717) is 0 Å². The Labute approximate surface area is 84.5 Å². The zero-order valence-electron chi connectivity index (χ0n) is 6.73. The zero-order chi connectivity index (χ0) is 8.97. The van der Waals surface area contributed by atoms with Crippen LogP contribution < -0.4 is 3.58 Å². The molecular weight excluding hydrogens is 257 g/mol. The molecule has 1 aromatic rings. The molecule has 3 nitrogen and oxygen atoms in total. The predicted molar refractivity (Wildman–Crippen MR) is 49.4 cm³/mol. The van der Waals surface area contributed by atoms with Crippen LogP contribution in [0.1, 0.15) is 18.5 Å². The van der Waals surface area contributed by atoms with Gasteiger partial charge in [-0.25, -0.2) is 0 Å². The number of hydrogen-bond acceptors (Lipinski definition) is 1. The maximum atomic E-state index is 8.25. The standard InChI is InChI=1S/C8H8N3.Sn/c1-7(10-11-9)8-5-3-2-4-6-8;/h2-5,7H,1H3;/q;+3. The summed E-state index contributed by atoms with van der Waals surface area (Å²) in [4.78, 5) is 2.79. The van der Waals surface area contributed by atoms with E-state index in [9.17, 15) is 0 Å². The SMILES string of the molecule is CC(N=[N+]=[N-])c1cccc[c]1[Sn+3]. The summed E-state index contributed by atoms with van der Waals surface area (Å²) in [5.41, 5.74) is 9.39. The third kappa shape index (κ3) is 2.15. The summed E-state index contributed by atoms with van der Waals surface area (Å²) in [6.45, 7) is 1.91. The molecule has 0 amide bonds. The maximum absolute atomic E-state index is 8.25. The van der Waals surface area contributed by atoms with Gasteiger partial charge in [-0.2, -0.15) is 0 Å². The first-order valence-corrected chi connectivity index (χ1v) is 5.03. The quantitative estimate of drug-likeness (QED) is 0.339. The number of hydrogen-bond donors (Lipinski definition) is 0. The van der Waals surface area contributed by atoms with E-state index in [1.54, 1.807) is 0 Å². The molecule has 56 valence electrons. The van der Waals surface area contributed by atoms with Crippen LogP contribution >= 0.6 is 0 Å². The van der Waals surface area contributed by atoms with E-state index in [1.807, 2.05) is 25.1 Å². The Bertz CT molecular complexity index is 318. The molecule has 0 saturated heterocycles. The van der Waals surface area contributed by atoms with E-state index >= 15 is 0 Å². The Kier molecular flexibility index (Phi) is 3.44. The van der Waals surface area contributed by atoms with Crippen molar-refractivity contribution in [3.8, 4) is 0 Å². The Morgan fingerprint density at radius 3 is 2.75 bits per heavy atom. The first-order chi connectivity index (χ1) is 5.75. The van der Waals surface area contributed by atoms with Gasteiger partial charge in [-0.1, -0.05) is 0 Å². The van der Waals surface area contributed by atoms with Gasteiger partial charge in [0.05, 0.1) is 0 Å². The molecule has 0 aliphatic carbocycles. The fourth-order valence-electron chi connectivity index (χ4n) is 1.00. The van der Waals surface area contributed by atoms with Crippen molar-refractivity contribution in [2.75, 3.05) is 0 Å². The molecule has 0 aliphatic heterocycles. The van der Waals surface area contributed by atoms with Crippen LogP contribution in [0.4, 0.5) is 0 Å². The van der Waals surface area contributed by atoms with Gasteiger partial charge >= 0.3 is 84.5 Å². The van der Waals surface area contributed by atoms with Crippen molar-refractivity contribution in [1.29, 1.82) is 0 Å². The van der Waals surface area contributed by atoms with Crippen molar-refractivity contribution in [3.63, 3.8) is 0 Å². The third-order valence-corrected chi connectivity index (χ3v) is 2.94. The summed E-state index contributed by atoms with van der Waals surface area (Å²) in [6.07, 6.45) is 0. The summed E-state index contributed by atoms with van der Waals surface area (Å²) in [5, 5.41) is 3.65. The van der Waals surface area contributed by atoms with Gasteiger partial charge in [-0.15, -0.1) is 0 Å². The molecule has 0 saturated carbocycles. The molecule has 0 aromatic heterocycles. The molecule has 1 aromatic carbocycles. The van der Waals surface area contributed by atoms with E-state index in [2.05, 4.69) is 16.1 Å². The molecule has 0 fully saturated rings. The summed E-state index contributed by atoms with van der Waals surface area (Å²) >= 11 is 1.35. The summed E-state index contributed by atoms with van der Waals surface area (Å²) in [6, 6.07) is 7.97. The van der Waals surface area contributed by atoms with Crippen LogP contribution in [0.5, 0.6) is 0 Å². The molecule has 1 rings (SSSR count). The van der Waals surface area contributed by atoms with Crippen molar-refractivity contribution in [1.82, 2.24) is 0 Å². The molecule has 0 heterocycles. The second-order valence-corrected chi connectivity index (χ2v) is 4.01. The van der Waals surface area contributed by atoms with Gasteiger partial charge in [0.25, 0.3) is 0 Å². The van der Waals surface area contributed by atoms with E-state index in [0.717, 1.165) is 5.56 Å². The molecule has 0 N–H and O–H groups in total. The van der Waals surface area contributed by atoms with Gasteiger partial charge in [0.2, 0.25) is 0 Å². The van der Waals surface area contributed by atoms with Crippen molar-refractivity contribution in [3.05, 3.63) is 40.3 Å². The van der Waals surface area contributed by atoms with Crippen molar-refractivity contribution >= 4 is 26.1 Å². The van der Waals surface area contributed by atoms with Crippen LogP contribution in [0.3, 0.4) is 0 Å². The van der Waals surface area contributed by atoms with Gasteiger partial charge in [0.1, 0.15) is 0 Å². The van der Waals surface area contributed by atoms with Gasteiger partial charge in [0, 0.05) is 0 Å². The Morgan fingerprint density at radius 2 is 2.17 bits per heavy atom. The van der Waals surface area contributed by atoms with E-state index in [1.165, 1.54) is 26.1 Å². The molecule has 1 atom stereocenters. The minimum atomic E-state index is -0.0505.